The van der Waals surface area contributed by atoms with Crippen molar-refractivity contribution in [1.29, 1.82) is 0 Å². The number of imidazole rings is 1. The molecule has 1 aliphatic rings. The molecule has 0 fully saturated rings. The maximum Gasteiger partial charge on any atom is 0.414 e. The molecule has 0 aliphatic heterocycles. The number of aromatic amines is 1. The standard InChI is InChI=1S/C15H22N2.C2H2O4/c1-11(2)13-6-5-7-15(10-13,12(3)4)14-16-8-9-17-14;3-1(4)2(5)6/h5-9,11-12H,10H2,1-4H3,(H,16,17);(H,3,4)(H,5,6). The van der Waals surface area contributed by atoms with Gasteiger partial charge < -0.3 is 15.2 Å². The first-order valence-corrected chi connectivity index (χ1v) is 7.55. The fourth-order valence-corrected chi connectivity index (χ4v) is 2.55. The summed E-state index contributed by atoms with van der Waals surface area (Å²) in [6.07, 6.45) is 11.6. The van der Waals surface area contributed by atoms with Crippen molar-refractivity contribution < 1.29 is 19.8 Å². The lowest BCUT2D eigenvalue weighted by molar-refractivity contribution is -0.159. The Morgan fingerprint density at radius 1 is 1.22 bits per heavy atom. The van der Waals surface area contributed by atoms with Crippen LogP contribution in [-0.2, 0) is 15.0 Å². The third-order valence-corrected chi connectivity index (χ3v) is 4.09. The van der Waals surface area contributed by atoms with Crippen molar-refractivity contribution in [3.05, 3.63) is 42.0 Å². The molecule has 6 heteroatoms. The number of carboxylic acid groups (broad SMARTS) is 2. The van der Waals surface area contributed by atoms with Crippen LogP contribution in [0.2, 0.25) is 0 Å². The molecular formula is C17H24N2O4. The quantitative estimate of drug-likeness (QED) is 0.743. The number of nitrogens with one attached hydrogen (secondary N) is 1. The summed E-state index contributed by atoms with van der Waals surface area (Å²) in [6.45, 7) is 9.07. The van der Waals surface area contributed by atoms with Crippen LogP contribution in [0.1, 0.15) is 39.9 Å². The van der Waals surface area contributed by atoms with E-state index in [2.05, 4.69) is 55.9 Å². The number of carbonyl (C=O) groups is 2. The Kier molecular flexibility index (Phi) is 6.30. The van der Waals surface area contributed by atoms with Gasteiger partial charge in [-0.2, -0.15) is 0 Å². The molecule has 1 aromatic heterocycles. The largest absolute Gasteiger partial charge is 0.473 e. The number of aromatic nitrogens is 2. The fourth-order valence-electron chi connectivity index (χ4n) is 2.55. The van der Waals surface area contributed by atoms with E-state index in [4.69, 9.17) is 19.8 Å². The van der Waals surface area contributed by atoms with Crippen molar-refractivity contribution in [2.45, 2.75) is 39.5 Å². The van der Waals surface area contributed by atoms with E-state index in [0.29, 0.717) is 11.8 Å². The minimum atomic E-state index is -1.82. The van der Waals surface area contributed by atoms with Crippen molar-refractivity contribution in [2.24, 2.45) is 11.8 Å². The normalized spacial score (nSPS) is 20.0. The number of hydrogen-bond acceptors (Lipinski definition) is 3. The van der Waals surface area contributed by atoms with E-state index < -0.39 is 11.9 Å². The lowest BCUT2D eigenvalue weighted by atomic mass is 9.68. The molecule has 0 saturated heterocycles. The Morgan fingerprint density at radius 3 is 2.22 bits per heavy atom. The van der Waals surface area contributed by atoms with Gasteiger partial charge in [0.25, 0.3) is 0 Å². The average Bonchev–Trinajstić information content (AvgIpc) is 3.02. The number of carboxylic acids is 2. The van der Waals surface area contributed by atoms with Crippen molar-refractivity contribution in [3.63, 3.8) is 0 Å². The molecule has 1 heterocycles. The van der Waals surface area contributed by atoms with E-state index in [0.717, 1.165) is 12.2 Å². The lowest BCUT2D eigenvalue weighted by Gasteiger charge is -2.36. The molecule has 2 rings (SSSR count). The molecule has 0 radical (unpaired) electrons. The zero-order valence-electron chi connectivity index (χ0n) is 13.9. The second-order valence-electron chi connectivity index (χ2n) is 6.18. The molecule has 0 aromatic carbocycles. The first kappa shape index (κ1) is 18.7. The second-order valence-corrected chi connectivity index (χ2v) is 6.18. The van der Waals surface area contributed by atoms with Crippen molar-refractivity contribution in [1.82, 2.24) is 9.97 Å². The summed E-state index contributed by atoms with van der Waals surface area (Å²) in [4.78, 5) is 26.0. The maximum absolute atomic E-state index is 9.10. The smallest absolute Gasteiger partial charge is 0.414 e. The summed E-state index contributed by atoms with van der Waals surface area (Å²) in [5, 5.41) is 14.8. The van der Waals surface area contributed by atoms with Crippen LogP contribution in [-0.4, -0.2) is 32.1 Å². The van der Waals surface area contributed by atoms with Crippen LogP contribution in [0.5, 0.6) is 0 Å². The molecule has 1 aromatic rings. The molecule has 126 valence electrons. The van der Waals surface area contributed by atoms with Crippen LogP contribution in [0, 0.1) is 11.8 Å². The molecule has 6 nitrogen and oxygen atoms in total. The summed E-state index contributed by atoms with van der Waals surface area (Å²) in [6, 6.07) is 0. The number of nitrogens with zero attached hydrogens (tertiary/aromatic N) is 1. The Balaban J connectivity index is 0.000000379. The van der Waals surface area contributed by atoms with Gasteiger partial charge in [-0.1, -0.05) is 51.5 Å². The van der Waals surface area contributed by atoms with Crippen LogP contribution in [0.3, 0.4) is 0 Å². The summed E-state index contributed by atoms with van der Waals surface area (Å²) in [7, 11) is 0. The summed E-state index contributed by atoms with van der Waals surface area (Å²) >= 11 is 0. The molecule has 0 bridgehead atoms. The first-order chi connectivity index (χ1) is 10.7. The maximum atomic E-state index is 9.10. The van der Waals surface area contributed by atoms with Crippen LogP contribution in [0.25, 0.3) is 0 Å². The number of rotatable bonds is 3. The highest BCUT2D eigenvalue weighted by Gasteiger charge is 2.37. The zero-order valence-corrected chi connectivity index (χ0v) is 13.9. The van der Waals surface area contributed by atoms with Crippen LogP contribution >= 0.6 is 0 Å². The molecule has 1 atom stereocenters. The van der Waals surface area contributed by atoms with E-state index in [1.54, 1.807) is 0 Å². The Bertz CT molecular complexity index is 588. The summed E-state index contributed by atoms with van der Waals surface area (Å²) in [5.41, 5.74) is 1.55. The minimum Gasteiger partial charge on any atom is -0.473 e. The van der Waals surface area contributed by atoms with Gasteiger partial charge in [-0.3, -0.25) is 0 Å². The van der Waals surface area contributed by atoms with E-state index >= 15 is 0 Å². The van der Waals surface area contributed by atoms with Crippen molar-refractivity contribution in [3.8, 4) is 0 Å². The molecule has 0 spiro atoms. The number of hydrogen-bond donors (Lipinski definition) is 3. The summed E-state index contributed by atoms with van der Waals surface area (Å²) in [5.74, 6) is -1.42. The van der Waals surface area contributed by atoms with Gasteiger partial charge in [-0.05, 0) is 18.3 Å². The molecule has 0 amide bonds. The van der Waals surface area contributed by atoms with Gasteiger partial charge in [0.2, 0.25) is 0 Å². The van der Waals surface area contributed by atoms with Gasteiger partial charge in [-0.15, -0.1) is 0 Å². The molecule has 0 saturated carbocycles. The highest BCUT2D eigenvalue weighted by Crippen LogP contribution is 2.41. The Labute approximate surface area is 136 Å². The number of allylic oxidation sites excluding steroid dienone is 4. The molecule has 1 aliphatic carbocycles. The Morgan fingerprint density at radius 2 is 1.83 bits per heavy atom. The van der Waals surface area contributed by atoms with Gasteiger partial charge in [-0.25, -0.2) is 14.6 Å². The van der Waals surface area contributed by atoms with Crippen molar-refractivity contribution in [2.75, 3.05) is 0 Å². The minimum absolute atomic E-state index is 0.0395. The summed E-state index contributed by atoms with van der Waals surface area (Å²) < 4.78 is 0. The average molecular weight is 320 g/mol. The third kappa shape index (κ3) is 4.55. The van der Waals surface area contributed by atoms with Gasteiger partial charge in [0, 0.05) is 12.4 Å². The highest BCUT2D eigenvalue weighted by atomic mass is 16.4. The Hall–Kier alpha value is -2.37. The second kappa shape index (κ2) is 7.76. The fraction of sp³-hybridized carbons (Fsp3) is 0.471. The van der Waals surface area contributed by atoms with Crippen LogP contribution in [0.15, 0.2) is 36.2 Å². The molecule has 1 unspecified atom stereocenters. The monoisotopic (exact) mass is 320 g/mol. The van der Waals surface area contributed by atoms with E-state index in [9.17, 15) is 0 Å². The van der Waals surface area contributed by atoms with E-state index in [1.165, 1.54) is 5.57 Å². The number of aliphatic carboxylic acids is 2. The zero-order chi connectivity index (χ0) is 17.6. The van der Waals surface area contributed by atoms with Gasteiger partial charge in [0.1, 0.15) is 5.82 Å². The lowest BCUT2D eigenvalue weighted by Crippen LogP contribution is -2.34. The number of H-pyrrole nitrogens is 1. The molecule has 23 heavy (non-hydrogen) atoms. The molecular weight excluding hydrogens is 296 g/mol. The van der Waals surface area contributed by atoms with Crippen LogP contribution in [0.4, 0.5) is 0 Å². The van der Waals surface area contributed by atoms with E-state index in [-0.39, 0.29) is 5.41 Å². The third-order valence-electron chi connectivity index (χ3n) is 4.09. The SMILES string of the molecule is CC(C)C1=CC=CC(c2ncc[nH]2)(C(C)C)C1.O=C(O)C(=O)O. The van der Waals surface area contributed by atoms with Gasteiger partial charge in [0.05, 0.1) is 5.41 Å². The van der Waals surface area contributed by atoms with Crippen LogP contribution < -0.4 is 0 Å². The topological polar surface area (TPSA) is 103 Å². The highest BCUT2D eigenvalue weighted by molar-refractivity contribution is 6.27. The van der Waals surface area contributed by atoms with Gasteiger partial charge in [0.15, 0.2) is 0 Å². The predicted molar refractivity (Wildman–Crippen MR) is 87.1 cm³/mol. The van der Waals surface area contributed by atoms with E-state index in [1.807, 2.05) is 12.4 Å². The van der Waals surface area contributed by atoms with Gasteiger partial charge >= 0.3 is 11.9 Å². The van der Waals surface area contributed by atoms with Crippen molar-refractivity contribution >= 4 is 11.9 Å². The first-order valence-electron chi connectivity index (χ1n) is 7.55. The molecule has 3 N–H and O–H groups in total. The predicted octanol–water partition coefficient (Wildman–Crippen LogP) is 3.00.